The zero-order chi connectivity index (χ0) is 49.0. The number of likely N-dealkylation sites (N-methyl/N-ethyl adjacent to an activating group) is 1. The molecule has 2 aliphatic rings. The van der Waals surface area contributed by atoms with E-state index in [1.54, 1.807) is 32.7 Å². The Kier molecular flexibility index (Phi) is 19.0. The largest absolute Gasteiger partial charge is 0.481 e. The standard InChI is InChI=1S/C52H78N6O8/c1-11-39(50(4,5)6)54-47(63)43(52(49(65)66)28-18-19-29-52)56-44(60)38(33-40(59)58-30-20-21-31-58)53-46(62)42(51(7,8)9)55-45(61)41(34(2)3)57(10)48(64)37(32-36-24-16-13-17-25-36)27-26-35-22-14-12-15-23-35/h12-17,22-25,34,37-39,41-43H,11,18-21,26-33H2,1-10H3,(H,53,62)(H,54,63)(H,55,61)(H,56,60)(H,65,66)/t37?,38-,39+,41-,42+,43+/m0/s1. The lowest BCUT2D eigenvalue weighted by Crippen LogP contribution is -2.65. The summed E-state index contributed by atoms with van der Waals surface area (Å²) in [6.45, 7) is 17.7. The van der Waals surface area contributed by atoms with E-state index in [2.05, 4.69) is 21.3 Å². The first-order valence-electron chi connectivity index (χ1n) is 24.1. The van der Waals surface area contributed by atoms with Crippen molar-refractivity contribution in [3.05, 3.63) is 71.8 Å². The van der Waals surface area contributed by atoms with E-state index >= 15 is 0 Å². The van der Waals surface area contributed by atoms with Gasteiger partial charge < -0.3 is 36.2 Å². The van der Waals surface area contributed by atoms with Crippen LogP contribution in [0.1, 0.15) is 131 Å². The molecule has 364 valence electrons. The number of hydrogen-bond acceptors (Lipinski definition) is 7. The van der Waals surface area contributed by atoms with Gasteiger partial charge in [0.15, 0.2) is 0 Å². The molecule has 66 heavy (non-hydrogen) atoms. The molecule has 1 aliphatic heterocycles. The molecule has 14 heteroatoms. The van der Waals surface area contributed by atoms with Crippen molar-refractivity contribution in [2.75, 3.05) is 20.1 Å². The average molecular weight is 915 g/mol. The normalized spacial score (nSPS) is 17.7. The number of aryl methyl sites for hydroxylation is 1. The van der Waals surface area contributed by atoms with Crippen molar-refractivity contribution >= 4 is 41.4 Å². The third kappa shape index (κ3) is 14.1. The summed E-state index contributed by atoms with van der Waals surface area (Å²) in [6.07, 6.45) is 4.77. The molecule has 2 aromatic rings. The molecule has 6 amide bonds. The SMILES string of the molecule is CC[C@@H](NC(=O)[C@@H](NC(=O)[C@H](CC(=O)N1CCCC1)NC(=O)[C@@H](NC(=O)[C@H](C(C)C)N(C)C(=O)C(CCc1ccccc1)Cc1ccccc1)C(C)(C)C)C1(C(=O)O)CCCC1)C(C)(C)C. The zero-order valence-corrected chi connectivity index (χ0v) is 41.2. The number of carbonyl (C=O) groups is 7. The molecule has 2 aromatic carbocycles. The van der Waals surface area contributed by atoms with Crippen LogP contribution in [0.15, 0.2) is 60.7 Å². The minimum atomic E-state index is -1.61. The van der Waals surface area contributed by atoms with Gasteiger partial charge in [-0.25, -0.2) is 0 Å². The lowest BCUT2D eigenvalue weighted by Gasteiger charge is -2.38. The van der Waals surface area contributed by atoms with Gasteiger partial charge in [0.1, 0.15) is 24.2 Å². The van der Waals surface area contributed by atoms with Crippen LogP contribution >= 0.6 is 0 Å². The number of nitrogens with one attached hydrogen (secondary N) is 4. The number of hydrogen-bond donors (Lipinski definition) is 5. The van der Waals surface area contributed by atoms with E-state index in [9.17, 15) is 38.7 Å². The molecule has 5 N–H and O–H groups in total. The molecule has 1 unspecified atom stereocenters. The Bertz CT molecular complexity index is 1960. The third-order valence-electron chi connectivity index (χ3n) is 13.6. The van der Waals surface area contributed by atoms with Gasteiger partial charge in [-0.1, -0.05) is 136 Å². The number of rotatable bonds is 21. The molecular formula is C52H78N6O8. The smallest absolute Gasteiger partial charge is 0.312 e. The molecule has 1 saturated carbocycles. The van der Waals surface area contributed by atoms with Crippen molar-refractivity contribution in [1.82, 2.24) is 31.1 Å². The van der Waals surface area contributed by atoms with Gasteiger partial charge in [-0.3, -0.25) is 33.6 Å². The zero-order valence-electron chi connectivity index (χ0n) is 41.2. The highest BCUT2D eigenvalue weighted by atomic mass is 16.4. The van der Waals surface area contributed by atoms with E-state index in [-0.39, 0.29) is 42.0 Å². The Morgan fingerprint density at radius 2 is 1.27 bits per heavy atom. The van der Waals surface area contributed by atoms with Crippen molar-refractivity contribution in [2.45, 2.75) is 163 Å². The van der Waals surface area contributed by atoms with E-state index in [0.717, 1.165) is 24.0 Å². The van der Waals surface area contributed by atoms with Crippen molar-refractivity contribution in [1.29, 1.82) is 0 Å². The van der Waals surface area contributed by atoms with E-state index in [1.807, 2.05) is 102 Å². The Morgan fingerprint density at radius 1 is 0.712 bits per heavy atom. The summed E-state index contributed by atoms with van der Waals surface area (Å²) in [6, 6.07) is 14.1. The number of carbonyl (C=O) groups excluding carboxylic acids is 6. The number of benzene rings is 2. The molecule has 1 heterocycles. The lowest BCUT2D eigenvalue weighted by atomic mass is 9.77. The molecule has 6 atom stereocenters. The molecule has 0 spiro atoms. The molecule has 0 radical (unpaired) electrons. The van der Waals surface area contributed by atoms with Crippen LogP contribution in [0.5, 0.6) is 0 Å². The van der Waals surface area contributed by atoms with Gasteiger partial charge in [-0.15, -0.1) is 0 Å². The van der Waals surface area contributed by atoms with Crippen LogP contribution in [0, 0.1) is 28.1 Å². The predicted molar refractivity (Wildman–Crippen MR) is 256 cm³/mol. The minimum absolute atomic E-state index is 0.156. The molecule has 14 nitrogen and oxygen atoms in total. The highest BCUT2D eigenvalue weighted by molar-refractivity contribution is 5.99. The van der Waals surface area contributed by atoms with E-state index in [0.29, 0.717) is 51.6 Å². The summed E-state index contributed by atoms with van der Waals surface area (Å²) in [7, 11) is 1.62. The molecule has 1 aliphatic carbocycles. The van der Waals surface area contributed by atoms with E-state index < -0.39 is 76.9 Å². The van der Waals surface area contributed by atoms with Gasteiger partial charge in [0.25, 0.3) is 0 Å². The van der Waals surface area contributed by atoms with Crippen molar-refractivity contribution in [3.63, 3.8) is 0 Å². The fourth-order valence-corrected chi connectivity index (χ4v) is 9.70. The maximum atomic E-state index is 14.6. The summed E-state index contributed by atoms with van der Waals surface area (Å²) in [5.74, 6) is -5.43. The number of aliphatic carboxylic acids is 1. The Hall–Kier alpha value is -5.27. The Labute approximate surface area is 393 Å². The maximum absolute atomic E-state index is 14.6. The Balaban J connectivity index is 1.63. The summed E-state index contributed by atoms with van der Waals surface area (Å²) >= 11 is 0. The third-order valence-corrected chi connectivity index (χ3v) is 13.6. The van der Waals surface area contributed by atoms with Gasteiger partial charge in [0.2, 0.25) is 35.4 Å². The second-order valence-corrected chi connectivity index (χ2v) is 21.2. The van der Waals surface area contributed by atoms with E-state index in [1.165, 1.54) is 4.90 Å². The summed E-state index contributed by atoms with van der Waals surface area (Å²) < 4.78 is 0. The van der Waals surface area contributed by atoms with Gasteiger partial charge in [0.05, 0.1) is 11.8 Å². The quantitative estimate of drug-likeness (QED) is 0.0998. The highest BCUT2D eigenvalue weighted by Gasteiger charge is 2.53. The van der Waals surface area contributed by atoms with Gasteiger partial charge in [-0.2, -0.15) is 0 Å². The predicted octanol–water partition coefficient (Wildman–Crippen LogP) is 6.06. The van der Waals surface area contributed by atoms with E-state index in [4.69, 9.17) is 0 Å². The molecule has 1 saturated heterocycles. The molecular weight excluding hydrogens is 837 g/mol. The van der Waals surface area contributed by atoms with Crippen LogP contribution in [-0.4, -0.2) is 107 Å². The molecule has 0 bridgehead atoms. The number of likely N-dealkylation sites (tertiary alicyclic amines) is 1. The number of carboxylic acids is 1. The Morgan fingerprint density at radius 3 is 1.77 bits per heavy atom. The van der Waals surface area contributed by atoms with Crippen LogP contribution in [0.3, 0.4) is 0 Å². The first-order valence-corrected chi connectivity index (χ1v) is 24.1. The van der Waals surface area contributed by atoms with Crippen LogP contribution in [0.25, 0.3) is 0 Å². The fraction of sp³-hybridized carbons (Fsp3) is 0.635. The van der Waals surface area contributed by atoms with Crippen LogP contribution in [0.2, 0.25) is 0 Å². The number of carboxylic acid groups (broad SMARTS) is 1. The van der Waals surface area contributed by atoms with Crippen molar-refractivity contribution < 1.29 is 38.7 Å². The maximum Gasteiger partial charge on any atom is 0.312 e. The minimum Gasteiger partial charge on any atom is -0.481 e. The highest BCUT2D eigenvalue weighted by Crippen LogP contribution is 2.42. The second kappa shape index (κ2) is 23.5. The van der Waals surface area contributed by atoms with Crippen molar-refractivity contribution in [2.24, 2.45) is 28.1 Å². The number of amides is 6. The monoisotopic (exact) mass is 915 g/mol. The van der Waals surface area contributed by atoms with Gasteiger partial charge in [0, 0.05) is 32.1 Å². The first kappa shape index (κ1) is 53.3. The topological polar surface area (TPSA) is 194 Å². The molecule has 2 fully saturated rings. The lowest BCUT2D eigenvalue weighted by molar-refractivity contribution is -0.155. The summed E-state index contributed by atoms with van der Waals surface area (Å²) in [4.78, 5) is 102. The van der Waals surface area contributed by atoms with Crippen molar-refractivity contribution in [3.8, 4) is 0 Å². The average Bonchev–Trinajstić information content (AvgIpc) is 3.99. The van der Waals surface area contributed by atoms with Crippen LogP contribution < -0.4 is 21.3 Å². The van der Waals surface area contributed by atoms with Gasteiger partial charge >= 0.3 is 5.97 Å². The first-order chi connectivity index (χ1) is 31.0. The van der Waals surface area contributed by atoms with Gasteiger partial charge in [-0.05, 0) is 79.2 Å². The van der Waals surface area contributed by atoms with Crippen LogP contribution in [0.4, 0.5) is 0 Å². The number of nitrogens with zero attached hydrogens (tertiary/aromatic N) is 2. The molecule has 4 rings (SSSR count). The molecule has 0 aromatic heterocycles. The summed E-state index contributed by atoms with van der Waals surface area (Å²) in [5, 5.41) is 22.1. The fourth-order valence-electron chi connectivity index (χ4n) is 9.70. The van der Waals surface area contributed by atoms with Crippen LogP contribution in [-0.2, 0) is 46.4 Å². The second-order valence-electron chi connectivity index (χ2n) is 21.2. The summed E-state index contributed by atoms with van der Waals surface area (Å²) in [5.41, 5.74) is -0.822.